The van der Waals surface area contributed by atoms with Crippen molar-refractivity contribution in [2.45, 2.75) is 13.0 Å². The fourth-order valence-corrected chi connectivity index (χ4v) is 2.72. The third-order valence-electron chi connectivity index (χ3n) is 4.19. The number of ether oxygens (including phenoxy) is 2. The molecule has 2 heterocycles. The van der Waals surface area contributed by atoms with Gasteiger partial charge in [0.1, 0.15) is 11.5 Å². The number of furan rings is 1. The number of nitrogens with zero attached hydrogens (tertiary/aromatic N) is 1. The molecule has 0 saturated carbocycles. The van der Waals surface area contributed by atoms with Gasteiger partial charge in [0.05, 0.1) is 27.0 Å². The fourth-order valence-electron chi connectivity index (χ4n) is 2.72. The van der Waals surface area contributed by atoms with E-state index >= 15 is 0 Å². The van der Waals surface area contributed by atoms with E-state index in [1.807, 2.05) is 24.3 Å². The summed E-state index contributed by atoms with van der Waals surface area (Å²) < 4.78 is 15.8. The minimum Gasteiger partial charge on any atom is -0.493 e. The Balaban J connectivity index is 1.53. The van der Waals surface area contributed by atoms with E-state index in [2.05, 4.69) is 15.6 Å². The van der Waals surface area contributed by atoms with Gasteiger partial charge in [0.25, 0.3) is 5.91 Å². The van der Waals surface area contributed by atoms with Crippen LogP contribution >= 0.6 is 0 Å². The Morgan fingerprint density at radius 3 is 2.71 bits per heavy atom. The number of pyridine rings is 1. The van der Waals surface area contributed by atoms with Crippen LogP contribution in [0.15, 0.2) is 59.3 Å². The van der Waals surface area contributed by atoms with Crippen molar-refractivity contribution in [3.8, 4) is 11.5 Å². The van der Waals surface area contributed by atoms with Crippen molar-refractivity contribution in [3.05, 3.63) is 71.9 Å². The molecule has 0 fully saturated rings. The third kappa shape index (κ3) is 5.03. The van der Waals surface area contributed by atoms with E-state index in [0.29, 0.717) is 36.0 Å². The molecule has 0 radical (unpaired) electrons. The average molecular weight is 381 g/mol. The summed E-state index contributed by atoms with van der Waals surface area (Å²) in [6.45, 7) is 1.03. The first-order valence-corrected chi connectivity index (χ1v) is 8.91. The van der Waals surface area contributed by atoms with Gasteiger partial charge in [-0.3, -0.25) is 9.78 Å². The lowest BCUT2D eigenvalue weighted by atomic mass is 10.1. The highest BCUT2D eigenvalue weighted by atomic mass is 16.5. The molecule has 3 aromatic rings. The first-order valence-electron chi connectivity index (χ1n) is 8.91. The highest BCUT2D eigenvalue weighted by Gasteiger charge is 2.09. The van der Waals surface area contributed by atoms with E-state index in [9.17, 15) is 4.79 Å². The number of hydrogen-bond donors (Lipinski definition) is 2. The molecule has 0 unspecified atom stereocenters. The van der Waals surface area contributed by atoms with Gasteiger partial charge >= 0.3 is 0 Å². The van der Waals surface area contributed by atoms with Crippen LogP contribution in [-0.4, -0.2) is 31.7 Å². The van der Waals surface area contributed by atoms with Crippen LogP contribution in [0.25, 0.3) is 0 Å². The van der Waals surface area contributed by atoms with E-state index in [4.69, 9.17) is 13.9 Å². The van der Waals surface area contributed by atoms with Gasteiger partial charge in [-0.1, -0.05) is 6.07 Å². The predicted molar refractivity (Wildman–Crippen MR) is 106 cm³/mol. The van der Waals surface area contributed by atoms with Gasteiger partial charge in [0, 0.05) is 18.4 Å². The van der Waals surface area contributed by atoms with Crippen molar-refractivity contribution >= 4 is 11.6 Å². The number of methoxy groups -OCH3 is 2. The Kier molecular flexibility index (Phi) is 6.51. The molecular formula is C21H23N3O4. The first-order chi connectivity index (χ1) is 13.7. The van der Waals surface area contributed by atoms with Crippen LogP contribution in [0, 0.1) is 0 Å². The molecule has 2 aromatic heterocycles. The fraction of sp³-hybridized carbons (Fsp3) is 0.238. The van der Waals surface area contributed by atoms with Crippen LogP contribution in [0.2, 0.25) is 0 Å². The normalized spacial score (nSPS) is 10.4. The monoisotopic (exact) mass is 381 g/mol. The predicted octanol–water partition coefficient (Wildman–Crippen LogP) is 3.28. The summed E-state index contributed by atoms with van der Waals surface area (Å²) in [5, 5.41) is 6.10. The standard InChI is InChI=1S/C21H23N3O4/c1-26-19-6-5-15(12-20(19)27-2)7-9-22-16-8-10-23-18(13-16)21(25)24-14-17-4-3-11-28-17/h3-6,8,10-13H,7,9,14H2,1-2H3,(H,22,23)(H,24,25). The largest absolute Gasteiger partial charge is 0.493 e. The molecule has 7 heteroatoms. The minimum absolute atomic E-state index is 0.250. The number of benzene rings is 1. The van der Waals surface area contributed by atoms with Crippen LogP contribution < -0.4 is 20.1 Å². The van der Waals surface area contributed by atoms with Crippen molar-refractivity contribution in [2.24, 2.45) is 0 Å². The summed E-state index contributed by atoms with van der Waals surface area (Å²) >= 11 is 0. The number of nitrogens with one attached hydrogen (secondary N) is 2. The maximum Gasteiger partial charge on any atom is 0.270 e. The second-order valence-corrected chi connectivity index (χ2v) is 6.06. The molecular weight excluding hydrogens is 358 g/mol. The van der Waals surface area contributed by atoms with Crippen molar-refractivity contribution < 1.29 is 18.7 Å². The van der Waals surface area contributed by atoms with Crippen LogP contribution in [0.4, 0.5) is 5.69 Å². The first kappa shape index (κ1) is 19.3. The van der Waals surface area contributed by atoms with Crippen LogP contribution in [-0.2, 0) is 13.0 Å². The summed E-state index contributed by atoms with van der Waals surface area (Å²) in [4.78, 5) is 16.4. The average Bonchev–Trinajstić information content (AvgIpc) is 3.25. The quantitative estimate of drug-likeness (QED) is 0.592. The molecule has 0 atom stereocenters. The van der Waals surface area contributed by atoms with Gasteiger partial charge in [0.15, 0.2) is 11.5 Å². The summed E-state index contributed by atoms with van der Waals surface area (Å²) in [7, 11) is 3.24. The second-order valence-electron chi connectivity index (χ2n) is 6.06. The molecule has 3 rings (SSSR count). The van der Waals surface area contributed by atoms with Gasteiger partial charge in [0.2, 0.25) is 0 Å². The zero-order chi connectivity index (χ0) is 19.8. The van der Waals surface area contributed by atoms with Crippen molar-refractivity contribution in [2.75, 3.05) is 26.1 Å². The number of hydrogen-bond acceptors (Lipinski definition) is 6. The summed E-state index contributed by atoms with van der Waals surface area (Å²) in [6, 6.07) is 13.0. The molecule has 0 spiro atoms. The molecule has 28 heavy (non-hydrogen) atoms. The van der Waals surface area contributed by atoms with Crippen LogP contribution in [0.5, 0.6) is 11.5 Å². The van der Waals surface area contributed by atoms with E-state index in [-0.39, 0.29) is 5.91 Å². The SMILES string of the molecule is COc1ccc(CCNc2ccnc(C(=O)NCc3ccco3)c2)cc1OC. The molecule has 1 amide bonds. The van der Waals surface area contributed by atoms with Crippen LogP contribution in [0.3, 0.4) is 0 Å². The van der Waals surface area contributed by atoms with Crippen molar-refractivity contribution in [3.63, 3.8) is 0 Å². The third-order valence-corrected chi connectivity index (χ3v) is 4.19. The van der Waals surface area contributed by atoms with E-state index in [0.717, 1.165) is 17.7 Å². The number of carbonyl (C=O) groups is 1. The molecule has 1 aromatic carbocycles. The number of anilines is 1. The van der Waals surface area contributed by atoms with E-state index in [1.54, 1.807) is 44.9 Å². The Bertz CT molecular complexity index is 910. The highest BCUT2D eigenvalue weighted by Crippen LogP contribution is 2.27. The smallest absolute Gasteiger partial charge is 0.270 e. The molecule has 0 aliphatic heterocycles. The van der Waals surface area contributed by atoms with Gasteiger partial charge in [-0.25, -0.2) is 0 Å². The van der Waals surface area contributed by atoms with Gasteiger partial charge < -0.3 is 24.5 Å². The van der Waals surface area contributed by atoms with Gasteiger partial charge in [-0.2, -0.15) is 0 Å². The second kappa shape index (κ2) is 9.45. The lowest BCUT2D eigenvalue weighted by molar-refractivity contribution is 0.0943. The van der Waals surface area contributed by atoms with Crippen LogP contribution in [0.1, 0.15) is 21.8 Å². The highest BCUT2D eigenvalue weighted by molar-refractivity contribution is 5.93. The molecule has 0 saturated heterocycles. The molecule has 2 N–H and O–H groups in total. The Hall–Kier alpha value is -3.48. The zero-order valence-electron chi connectivity index (χ0n) is 15.9. The van der Waals surface area contributed by atoms with Crippen molar-refractivity contribution in [1.29, 1.82) is 0 Å². The summed E-state index contributed by atoms with van der Waals surface area (Å²) in [6.07, 6.45) is 3.98. The molecule has 0 aliphatic carbocycles. The molecule has 0 aliphatic rings. The minimum atomic E-state index is -0.250. The maximum atomic E-state index is 12.2. The Morgan fingerprint density at radius 2 is 1.96 bits per heavy atom. The number of amides is 1. The van der Waals surface area contributed by atoms with E-state index < -0.39 is 0 Å². The molecule has 146 valence electrons. The van der Waals surface area contributed by atoms with Gasteiger partial charge in [-0.15, -0.1) is 0 Å². The molecule has 7 nitrogen and oxygen atoms in total. The lowest BCUT2D eigenvalue weighted by Gasteiger charge is -2.11. The number of rotatable bonds is 9. The summed E-state index contributed by atoms with van der Waals surface area (Å²) in [5.41, 5.74) is 2.30. The lowest BCUT2D eigenvalue weighted by Crippen LogP contribution is -2.23. The number of carbonyl (C=O) groups excluding carboxylic acids is 1. The zero-order valence-corrected chi connectivity index (χ0v) is 15.9. The Labute approximate surface area is 163 Å². The number of aromatic nitrogens is 1. The van der Waals surface area contributed by atoms with E-state index in [1.165, 1.54) is 0 Å². The Morgan fingerprint density at radius 1 is 1.11 bits per heavy atom. The topological polar surface area (TPSA) is 85.6 Å². The van der Waals surface area contributed by atoms with Gasteiger partial charge in [-0.05, 0) is 48.4 Å². The maximum absolute atomic E-state index is 12.2. The molecule has 0 bridgehead atoms. The van der Waals surface area contributed by atoms with Crippen molar-refractivity contribution in [1.82, 2.24) is 10.3 Å². The summed E-state index contributed by atoms with van der Waals surface area (Å²) in [5.74, 6) is 1.86.